The van der Waals surface area contributed by atoms with Gasteiger partial charge in [0.05, 0.1) is 18.5 Å². The fourth-order valence-electron chi connectivity index (χ4n) is 3.82. The molecule has 3 aromatic heterocycles. The first kappa shape index (κ1) is 22.8. The Morgan fingerprint density at radius 1 is 1.30 bits per heavy atom. The predicted octanol–water partition coefficient (Wildman–Crippen LogP) is 3.36. The number of nitrogens with zero attached hydrogens (tertiary/aromatic N) is 6. The number of carbonyl (C=O) groups excluding carboxylic acids is 1. The SMILES string of the molecule is CC(C)Oc1c(-c2cn[nH]c2)ncc2nc(N[C@H]3CCN(C(=O)OC(C)(C)C)C[C@H]3C)nn12. The van der Waals surface area contributed by atoms with Crippen molar-refractivity contribution in [1.82, 2.24) is 34.7 Å². The Morgan fingerprint density at radius 2 is 2.09 bits per heavy atom. The standard InChI is InChI=1S/C22H32N8O3/c1-13(2)32-19-18(15-9-24-25-10-15)23-11-17-27-20(28-30(17)19)26-16-7-8-29(12-14(16)3)21(31)33-22(4,5)6/h9-11,13-14,16H,7-8,12H2,1-6H3,(H,24,25)(H,26,28)/t14-,16+/m1/s1. The molecule has 3 aromatic rings. The number of likely N-dealkylation sites (tertiary alicyclic amines) is 1. The lowest BCUT2D eigenvalue weighted by Crippen LogP contribution is -2.49. The highest BCUT2D eigenvalue weighted by Gasteiger charge is 2.32. The van der Waals surface area contributed by atoms with Crippen molar-refractivity contribution in [2.24, 2.45) is 5.92 Å². The molecule has 0 bridgehead atoms. The van der Waals surface area contributed by atoms with Crippen LogP contribution >= 0.6 is 0 Å². The number of aromatic nitrogens is 6. The van der Waals surface area contributed by atoms with Crippen molar-refractivity contribution < 1.29 is 14.3 Å². The number of hydrogen-bond acceptors (Lipinski definition) is 8. The molecule has 2 N–H and O–H groups in total. The van der Waals surface area contributed by atoms with Crippen LogP contribution in [0.2, 0.25) is 0 Å². The van der Waals surface area contributed by atoms with Gasteiger partial charge in [0.1, 0.15) is 11.3 Å². The van der Waals surface area contributed by atoms with E-state index in [0.29, 0.717) is 36.3 Å². The maximum Gasteiger partial charge on any atom is 0.410 e. The smallest absolute Gasteiger partial charge is 0.410 e. The fourth-order valence-corrected chi connectivity index (χ4v) is 3.82. The molecule has 1 saturated heterocycles. The molecule has 0 saturated carbocycles. The van der Waals surface area contributed by atoms with E-state index in [1.54, 1.807) is 28.0 Å². The molecule has 0 aliphatic carbocycles. The Labute approximate surface area is 192 Å². The van der Waals surface area contributed by atoms with Gasteiger partial charge in [0.25, 0.3) is 0 Å². The van der Waals surface area contributed by atoms with E-state index in [4.69, 9.17) is 9.47 Å². The zero-order chi connectivity index (χ0) is 23.8. The number of fused-ring (bicyclic) bond motifs is 1. The summed E-state index contributed by atoms with van der Waals surface area (Å²) in [5.74, 6) is 1.21. The lowest BCUT2D eigenvalue weighted by atomic mass is 9.94. The lowest BCUT2D eigenvalue weighted by molar-refractivity contribution is 0.0164. The molecule has 0 spiro atoms. The largest absolute Gasteiger partial charge is 0.473 e. The van der Waals surface area contributed by atoms with Crippen LogP contribution in [0, 0.1) is 5.92 Å². The quantitative estimate of drug-likeness (QED) is 0.599. The maximum atomic E-state index is 12.4. The van der Waals surface area contributed by atoms with Gasteiger partial charge in [-0.1, -0.05) is 6.92 Å². The van der Waals surface area contributed by atoms with Gasteiger partial charge in [-0.25, -0.2) is 9.78 Å². The second-order valence-corrected chi connectivity index (χ2v) is 9.71. The van der Waals surface area contributed by atoms with Gasteiger partial charge in [0.2, 0.25) is 11.8 Å². The number of H-pyrrole nitrogens is 1. The van der Waals surface area contributed by atoms with E-state index in [0.717, 1.165) is 12.0 Å². The van der Waals surface area contributed by atoms with Crippen LogP contribution in [-0.2, 0) is 4.74 Å². The molecule has 2 atom stereocenters. The van der Waals surface area contributed by atoms with Crippen molar-refractivity contribution in [2.75, 3.05) is 18.4 Å². The number of rotatable bonds is 5. The third kappa shape index (κ3) is 5.18. The molecule has 11 heteroatoms. The van der Waals surface area contributed by atoms with Crippen molar-refractivity contribution in [3.8, 4) is 17.1 Å². The minimum absolute atomic E-state index is 0.0686. The van der Waals surface area contributed by atoms with Crippen molar-refractivity contribution in [3.63, 3.8) is 0 Å². The maximum absolute atomic E-state index is 12.4. The summed E-state index contributed by atoms with van der Waals surface area (Å²) in [6.45, 7) is 12.9. The minimum atomic E-state index is -0.505. The molecule has 4 rings (SSSR count). The zero-order valence-electron chi connectivity index (χ0n) is 20.0. The van der Waals surface area contributed by atoms with Crippen LogP contribution in [0.3, 0.4) is 0 Å². The second kappa shape index (κ2) is 8.87. The van der Waals surface area contributed by atoms with Gasteiger partial charge < -0.3 is 19.7 Å². The van der Waals surface area contributed by atoms with E-state index in [1.807, 2.05) is 34.6 Å². The van der Waals surface area contributed by atoms with Gasteiger partial charge in [-0.15, -0.1) is 5.10 Å². The summed E-state index contributed by atoms with van der Waals surface area (Å²) < 4.78 is 13.2. The van der Waals surface area contributed by atoms with E-state index in [1.165, 1.54) is 0 Å². The van der Waals surface area contributed by atoms with Crippen LogP contribution in [0.5, 0.6) is 5.88 Å². The summed E-state index contributed by atoms with van der Waals surface area (Å²) in [4.78, 5) is 23.3. The molecule has 1 aliphatic rings. The molecule has 1 aliphatic heterocycles. The first-order chi connectivity index (χ1) is 15.6. The molecular formula is C22H32N8O3. The average Bonchev–Trinajstić information content (AvgIpc) is 3.38. The number of aromatic amines is 1. The molecule has 0 aromatic carbocycles. The van der Waals surface area contributed by atoms with Crippen molar-refractivity contribution in [2.45, 2.75) is 65.7 Å². The van der Waals surface area contributed by atoms with Gasteiger partial charge in [-0.3, -0.25) is 5.10 Å². The third-order valence-corrected chi connectivity index (χ3v) is 5.33. The number of nitrogens with one attached hydrogen (secondary N) is 2. The molecular weight excluding hydrogens is 424 g/mol. The number of carbonyl (C=O) groups is 1. The Kier molecular flexibility index (Phi) is 6.13. The molecule has 0 unspecified atom stereocenters. The number of hydrogen-bond donors (Lipinski definition) is 2. The number of ether oxygens (including phenoxy) is 2. The minimum Gasteiger partial charge on any atom is -0.473 e. The normalized spacial score (nSPS) is 19.2. The van der Waals surface area contributed by atoms with Crippen LogP contribution < -0.4 is 10.1 Å². The van der Waals surface area contributed by atoms with Gasteiger partial charge in [-0.2, -0.15) is 14.6 Å². The van der Waals surface area contributed by atoms with Crippen LogP contribution in [0.1, 0.15) is 48.0 Å². The Balaban J connectivity index is 1.52. The summed E-state index contributed by atoms with van der Waals surface area (Å²) in [5, 5.41) is 14.9. The summed E-state index contributed by atoms with van der Waals surface area (Å²) in [5.41, 5.74) is 1.52. The highest BCUT2D eigenvalue weighted by molar-refractivity contribution is 5.68. The van der Waals surface area contributed by atoms with Crippen molar-refractivity contribution >= 4 is 17.7 Å². The highest BCUT2D eigenvalue weighted by Crippen LogP contribution is 2.29. The molecule has 33 heavy (non-hydrogen) atoms. The van der Waals surface area contributed by atoms with Crippen LogP contribution in [-0.4, -0.2) is 71.6 Å². The number of amides is 1. The van der Waals surface area contributed by atoms with Gasteiger partial charge >= 0.3 is 6.09 Å². The molecule has 178 valence electrons. The number of piperidine rings is 1. The van der Waals surface area contributed by atoms with Gasteiger partial charge in [-0.05, 0) is 47.0 Å². The van der Waals surface area contributed by atoms with Gasteiger partial charge in [0, 0.05) is 30.9 Å². The first-order valence-electron chi connectivity index (χ1n) is 11.3. The Hall–Kier alpha value is -3.37. The summed E-state index contributed by atoms with van der Waals surface area (Å²) >= 11 is 0. The van der Waals surface area contributed by atoms with E-state index in [2.05, 4.69) is 37.5 Å². The molecule has 1 amide bonds. The zero-order valence-corrected chi connectivity index (χ0v) is 20.0. The van der Waals surface area contributed by atoms with E-state index < -0.39 is 5.60 Å². The summed E-state index contributed by atoms with van der Waals surface area (Å²) in [7, 11) is 0. The highest BCUT2D eigenvalue weighted by atomic mass is 16.6. The fraction of sp³-hybridized carbons (Fsp3) is 0.591. The second-order valence-electron chi connectivity index (χ2n) is 9.71. The van der Waals surface area contributed by atoms with E-state index in [-0.39, 0.29) is 24.2 Å². The van der Waals surface area contributed by atoms with Crippen LogP contribution in [0.15, 0.2) is 18.6 Å². The summed E-state index contributed by atoms with van der Waals surface area (Å²) in [6.07, 6.45) is 5.55. The molecule has 4 heterocycles. The van der Waals surface area contributed by atoms with Crippen LogP contribution in [0.4, 0.5) is 10.7 Å². The number of anilines is 1. The molecule has 0 radical (unpaired) electrons. The van der Waals surface area contributed by atoms with Crippen LogP contribution in [0.25, 0.3) is 16.9 Å². The first-order valence-corrected chi connectivity index (χ1v) is 11.3. The monoisotopic (exact) mass is 456 g/mol. The Morgan fingerprint density at radius 3 is 2.73 bits per heavy atom. The van der Waals surface area contributed by atoms with Crippen molar-refractivity contribution in [1.29, 1.82) is 0 Å². The lowest BCUT2D eigenvalue weighted by Gasteiger charge is -2.37. The van der Waals surface area contributed by atoms with Crippen molar-refractivity contribution in [3.05, 3.63) is 18.6 Å². The van der Waals surface area contributed by atoms with E-state index >= 15 is 0 Å². The van der Waals surface area contributed by atoms with Gasteiger partial charge in [0.15, 0.2) is 5.65 Å². The topological polar surface area (TPSA) is 123 Å². The van der Waals surface area contributed by atoms with E-state index in [9.17, 15) is 4.79 Å². The molecule has 1 fully saturated rings. The Bertz CT molecular complexity index is 1100. The third-order valence-electron chi connectivity index (χ3n) is 5.33. The molecule has 11 nitrogen and oxygen atoms in total. The predicted molar refractivity (Wildman–Crippen MR) is 123 cm³/mol. The average molecular weight is 457 g/mol. The summed E-state index contributed by atoms with van der Waals surface area (Å²) in [6, 6.07) is 0.122.